The lowest BCUT2D eigenvalue weighted by atomic mass is 10.1. The minimum absolute atomic E-state index is 0.160. The monoisotopic (exact) mass is 261 g/mol. The fourth-order valence-electron chi connectivity index (χ4n) is 1.72. The predicted molar refractivity (Wildman–Crippen MR) is 69.4 cm³/mol. The van der Waals surface area contributed by atoms with Crippen LogP contribution in [0.1, 0.15) is 11.1 Å². The summed E-state index contributed by atoms with van der Waals surface area (Å²) in [7, 11) is 0. The third kappa shape index (κ3) is 2.85. The molecule has 2 rings (SSSR count). The van der Waals surface area contributed by atoms with Crippen LogP contribution in [0.3, 0.4) is 0 Å². The molecule has 1 aromatic carbocycles. The van der Waals surface area contributed by atoms with Crippen molar-refractivity contribution >= 4 is 11.4 Å². The lowest BCUT2D eigenvalue weighted by Crippen LogP contribution is -2.05. The van der Waals surface area contributed by atoms with Crippen molar-refractivity contribution in [1.29, 1.82) is 0 Å². The molecule has 19 heavy (non-hydrogen) atoms. The van der Waals surface area contributed by atoms with Gasteiger partial charge in [-0.2, -0.15) is 4.39 Å². The van der Waals surface area contributed by atoms with Crippen molar-refractivity contribution < 1.29 is 9.31 Å². The minimum atomic E-state index is -0.849. The Hall–Kier alpha value is -2.50. The van der Waals surface area contributed by atoms with E-state index >= 15 is 0 Å². The molecule has 0 amide bonds. The van der Waals surface area contributed by atoms with Gasteiger partial charge in [0.1, 0.15) is 5.69 Å². The third-order valence-corrected chi connectivity index (χ3v) is 2.79. The topological polar surface area (TPSA) is 68.1 Å². The first kappa shape index (κ1) is 12.9. The smallest absolute Gasteiger partial charge is 0.327 e. The summed E-state index contributed by atoms with van der Waals surface area (Å²) in [4.78, 5) is 14.1. The quantitative estimate of drug-likeness (QED) is 0.678. The zero-order chi connectivity index (χ0) is 13.8. The molecule has 1 heterocycles. The van der Waals surface area contributed by atoms with Gasteiger partial charge < -0.3 is 5.32 Å². The Morgan fingerprint density at radius 2 is 2.21 bits per heavy atom. The first-order valence-electron chi connectivity index (χ1n) is 5.66. The number of hydrogen-bond donors (Lipinski definition) is 1. The van der Waals surface area contributed by atoms with Crippen LogP contribution < -0.4 is 5.32 Å². The van der Waals surface area contributed by atoms with Crippen LogP contribution in [-0.2, 0) is 6.54 Å². The molecule has 0 unspecified atom stereocenters. The number of benzene rings is 1. The third-order valence-electron chi connectivity index (χ3n) is 2.79. The van der Waals surface area contributed by atoms with Crippen LogP contribution in [0.15, 0.2) is 36.7 Å². The molecule has 0 saturated carbocycles. The molecule has 1 aromatic heterocycles. The second-order valence-electron chi connectivity index (χ2n) is 4.05. The molecule has 0 spiro atoms. The van der Waals surface area contributed by atoms with Crippen molar-refractivity contribution in [1.82, 2.24) is 4.98 Å². The Bertz CT molecular complexity index is 617. The number of para-hydroxylation sites is 1. The summed E-state index contributed by atoms with van der Waals surface area (Å²) in [5.74, 6) is -0.849. The van der Waals surface area contributed by atoms with Crippen LogP contribution in [0.4, 0.5) is 15.8 Å². The standard InChI is InChI=1S/C13H12FN3O2/c1-9-5-6-15-7-10(9)8-16-12-4-2-3-11(14)13(12)17(18)19/h2-7,16H,8H2,1H3. The first-order valence-corrected chi connectivity index (χ1v) is 5.66. The second kappa shape index (κ2) is 5.43. The van der Waals surface area contributed by atoms with Gasteiger partial charge >= 0.3 is 5.69 Å². The van der Waals surface area contributed by atoms with Gasteiger partial charge in [-0.3, -0.25) is 15.1 Å². The average Bonchev–Trinajstić information content (AvgIpc) is 2.37. The van der Waals surface area contributed by atoms with Crippen molar-refractivity contribution in [3.8, 4) is 0 Å². The van der Waals surface area contributed by atoms with Gasteiger partial charge in [-0.1, -0.05) is 6.07 Å². The summed E-state index contributed by atoms with van der Waals surface area (Å²) < 4.78 is 13.4. The number of aromatic nitrogens is 1. The van der Waals surface area contributed by atoms with Gasteiger partial charge in [-0.15, -0.1) is 0 Å². The normalized spacial score (nSPS) is 10.2. The SMILES string of the molecule is Cc1ccncc1CNc1cccc(F)c1[N+](=O)[O-]. The number of aryl methyl sites for hydroxylation is 1. The van der Waals surface area contributed by atoms with Crippen LogP contribution in [-0.4, -0.2) is 9.91 Å². The molecular formula is C13H12FN3O2. The average molecular weight is 261 g/mol. The molecule has 98 valence electrons. The molecule has 1 N–H and O–H groups in total. The number of hydrogen-bond acceptors (Lipinski definition) is 4. The van der Waals surface area contributed by atoms with E-state index in [4.69, 9.17) is 0 Å². The van der Waals surface area contributed by atoms with E-state index in [2.05, 4.69) is 10.3 Å². The van der Waals surface area contributed by atoms with E-state index in [1.165, 1.54) is 12.1 Å². The molecule has 0 aliphatic rings. The minimum Gasteiger partial charge on any atom is -0.375 e. The Morgan fingerprint density at radius 3 is 2.89 bits per heavy atom. The highest BCUT2D eigenvalue weighted by Gasteiger charge is 2.19. The van der Waals surface area contributed by atoms with Crippen LogP contribution in [0.2, 0.25) is 0 Å². The van der Waals surface area contributed by atoms with E-state index in [1.54, 1.807) is 12.4 Å². The summed E-state index contributed by atoms with van der Waals surface area (Å²) in [6.07, 6.45) is 3.34. The lowest BCUT2D eigenvalue weighted by Gasteiger charge is -2.09. The van der Waals surface area contributed by atoms with Gasteiger partial charge in [0.05, 0.1) is 4.92 Å². The van der Waals surface area contributed by atoms with Crippen molar-refractivity contribution in [2.75, 3.05) is 5.32 Å². The highest BCUT2D eigenvalue weighted by atomic mass is 19.1. The van der Waals surface area contributed by atoms with Crippen LogP contribution >= 0.6 is 0 Å². The molecule has 2 aromatic rings. The molecule has 0 atom stereocenters. The maximum absolute atomic E-state index is 13.4. The number of nitro benzene ring substituents is 1. The van der Waals surface area contributed by atoms with Crippen molar-refractivity contribution in [3.63, 3.8) is 0 Å². The molecule has 0 bridgehead atoms. The summed E-state index contributed by atoms with van der Waals surface area (Å²) in [6.45, 7) is 2.27. The number of anilines is 1. The maximum atomic E-state index is 13.4. The molecule has 5 nitrogen and oxygen atoms in total. The molecule has 0 fully saturated rings. The Morgan fingerprint density at radius 1 is 1.42 bits per heavy atom. The second-order valence-corrected chi connectivity index (χ2v) is 4.05. The van der Waals surface area contributed by atoms with E-state index in [0.717, 1.165) is 17.2 Å². The number of pyridine rings is 1. The fraction of sp³-hybridized carbons (Fsp3) is 0.154. The zero-order valence-corrected chi connectivity index (χ0v) is 10.3. The van der Waals surface area contributed by atoms with Crippen LogP contribution in [0.25, 0.3) is 0 Å². The van der Waals surface area contributed by atoms with E-state index in [0.29, 0.717) is 6.54 Å². The largest absolute Gasteiger partial charge is 0.375 e. The number of halogens is 1. The number of nitrogens with one attached hydrogen (secondary N) is 1. The van der Waals surface area contributed by atoms with Crippen molar-refractivity contribution in [3.05, 3.63) is 63.7 Å². The molecule has 0 aliphatic heterocycles. The summed E-state index contributed by atoms with van der Waals surface area (Å²) in [6, 6.07) is 5.82. The number of rotatable bonds is 4. The molecule has 6 heteroatoms. The number of nitrogens with zero attached hydrogens (tertiary/aromatic N) is 2. The van der Waals surface area contributed by atoms with Gasteiger partial charge in [0, 0.05) is 18.9 Å². The van der Waals surface area contributed by atoms with E-state index in [-0.39, 0.29) is 5.69 Å². The Balaban J connectivity index is 2.23. The van der Waals surface area contributed by atoms with Crippen LogP contribution in [0, 0.1) is 22.9 Å². The fourth-order valence-corrected chi connectivity index (χ4v) is 1.72. The summed E-state index contributed by atoms with van der Waals surface area (Å²) in [5, 5.41) is 13.7. The van der Waals surface area contributed by atoms with E-state index in [1.807, 2.05) is 13.0 Å². The molecular weight excluding hydrogens is 249 g/mol. The Kier molecular flexibility index (Phi) is 3.70. The van der Waals surface area contributed by atoms with E-state index < -0.39 is 16.4 Å². The van der Waals surface area contributed by atoms with Gasteiger partial charge in [-0.05, 0) is 36.2 Å². The van der Waals surface area contributed by atoms with Crippen molar-refractivity contribution in [2.24, 2.45) is 0 Å². The predicted octanol–water partition coefficient (Wildman–Crippen LogP) is 3.05. The molecule has 0 radical (unpaired) electrons. The Labute approximate surface area is 109 Å². The van der Waals surface area contributed by atoms with Gasteiger partial charge in [0.15, 0.2) is 0 Å². The summed E-state index contributed by atoms with van der Waals surface area (Å²) in [5.41, 5.74) is 1.54. The van der Waals surface area contributed by atoms with Gasteiger partial charge in [0.25, 0.3) is 0 Å². The van der Waals surface area contributed by atoms with E-state index in [9.17, 15) is 14.5 Å². The van der Waals surface area contributed by atoms with Crippen molar-refractivity contribution in [2.45, 2.75) is 13.5 Å². The van der Waals surface area contributed by atoms with Gasteiger partial charge in [0.2, 0.25) is 5.82 Å². The number of nitro groups is 1. The summed E-state index contributed by atoms with van der Waals surface area (Å²) >= 11 is 0. The van der Waals surface area contributed by atoms with Gasteiger partial charge in [-0.25, -0.2) is 0 Å². The van der Waals surface area contributed by atoms with Crippen LogP contribution in [0.5, 0.6) is 0 Å². The molecule has 0 aliphatic carbocycles. The first-order chi connectivity index (χ1) is 9.09. The zero-order valence-electron chi connectivity index (χ0n) is 10.3. The highest BCUT2D eigenvalue weighted by Crippen LogP contribution is 2.27. The molecule has 0 saturated heterocycles. The lowest BCUT2D eigenvalue weighted by molar-refractivity contribution is -0.386. The highest BCUT2D eigenvalue weighted by molar-refractivity contribution is 5.62. The maximum Gasteiger partial charge on any atom is 0.327 e.